The van der Waals surface area contributed by atoms with Gasteiger partial charge in [0.2, 0.25) is 0 Å². The fourth-order valence-electron chi connectivity index (χ4n) is 7.18. The van der Waals surface area contributed by atoms with Crippen LogP contribution in [-0.4, -0.2) is 51.7 Å². The Hall–Kier alpha value is -1.83. The quantitative estimate of drug-likeness (QED) is 0.488. The number of hydrogen-bond acceptors (Lipinski definition) is 5. The minimum atomic E-state index is -0.624. The summed E-state index contributed by atoms with van der Waals surface area (Å²) in [5.41, 5.74) is 3.44. The van der Waals surface area contributed by atoms with E-state index in [0.29, 0.717) is 0 Å². The molecule has 2 aliphatic heterocycles. The van der Waals surface area contributed by atoms with E-state index < -0.39 is 5.97 Å². The number of aryl methyl sites for hydroxylation is 1. The van der Waals surface area contributed by atoms with Crippen molar-refractivity contribution < 1.29 is 14.6 Å². The minimum absolute atomic E-state index is 0.0159. The summed E-state index contributed by atoms with van der Waals surface area (Å²) >= 11 is 1.90. The number of rotatable bonds is 7. The van der Waals surface area contributed by atoms with E-state index in [2.05, 4.69) is 55.4 Å². The average Bonchev–Trinajstić information content (AvgIpc) is 3.46. The Morgan fingerprint density at radius 3 is 2.81 bits per heavy atom. The van der Waals surface area contributed by atoms with Crippen LogP contribution < -0.4 is 0 Å². The standard InChI is InChI=1S/C29H41N3O3S/c1-28(2,18-24(35-5)32-16-8-11-19-20(27(33)34)10-6-13-22(19)32)26-25-21(29(3)15-9-17-36-29)12-7-14-23(25)31(4)30-26/h7,9,12,14,17,19-20,22,24H,6,8,10-11,13,15-16,18H2,1-5H3,(H,33,34). The van der Waals surface area contributed by atoms with Crippen LogP contribution in [0.4, 0.5) is 0 Å². The van der Waals surface area contributed by atoms with E-state index in [-0.39, 0.29) is 34.3 Å². The zero-order valence-corrected chi connectivity index (χ0v) is 23.2. The van der Waals surface area contributed by atoms with E-state index in [1.807, 2.05) is 30.6 Å². The number of piperidine rings is 1. The Kier molecular flexibility index (Phi) is 7.03. The molecule has 1 N–H and O–H groups in total. The van der Waals surface area contributed by atoms with Gasteiger partial charge in [0.25, 0.3) is 0 Å². The Bertz CT molecular complexity index is 1150. The van der Waals surface area contributed by atoms with Crippen molar-refractivity contribution in [3.8, 4) is 0 Å². The van der Waals surface area contributed by atoms with Gasteiger partial charge in [-0.05, 0) is 68.4 Å². The third-order valence-electron chi connectivity index (χ3n) is 9.07. The van der Waals surface area contributed by atoms with Crippen LogP contribution in [0.25, 0.3) is 10.9 Å². The van der Waals surface area contributed by atoms with E-state index in [1.165, 1.54) is 16.5 Å². The lowest BCUT2D eigenvalue weighted by molar-refractivity contribution is -0.153. The van der Waals surface area contributed by atoms with Gasteiger partial charge >= 0.3 is 5.97 Å². The molecule has 0 bridgehead atoms. The first kappa shape index (κ1) is 25.8. The SMILES string of the molecule is COC(CC(C)(C)c1nn(C)c2cccc(C3(C)CC=CS3)c12)N1CCCC2C(C(=O)O)CCCC21. The van der Waals surface area contributed by atoms with Crippen molar-refractivity contribution in [2.45, 2.75) is 88.1 Å². The van der Waals surface area contributed by atoms with Crippen molar-refractivity contribution in [3.05, 3.63) is 40.9 Å². The molecule has 2 fully saturated rings. The Morgan fingerprint density at radius 2 is 2.11 bits per heavy atom. The number of thioether (sulfide) groups is 1. The number of carboxylic acids is 1. The van der Waals surface area contributed by atoms with Gasteiger partial charge < -0.3 is 9.84 Å². The lowest BCUT2D eigenvalue weighted by atomic mass is 9.70. The predicted molar refractivity (Wildman–Crippen MR) is 146 cm³/mol. The Labute approximate surface area is 219 Å². The molecule has 3 aliphatic rings. The maximum Gasteiger partial charge on any atom is 0.306 e. The number of carboxylic acid groups (broad SMARTS) is 1. The first-order valence-corrected chi connectivity index (χ1v) is 14.3. The monoisotopic (exact) mass is 511 g/mol. The summed E-state index contributed by atoms with van der Waals surface area (Å²) in [6, 6.07) is 6.90. The van der Waals surface area contributed by atoms with Crippen LogP contribution in [0.2, 0.25) is 0 Å². The summed E-state index contributed by atoms with van der Waals surface area (Å²) in [4.78, 5) is 14.5. The second-order valence-corrected chi connectivity index (χ2v) is 13.3. The Balaban J connectivity index is 1.48. The molecule has 0 amide bonds. The number of carbonyl (C=O) groups is 1. The topological polar surface area (TPSA) is 67.6 Å². The first-order valence-electron chi connectivity index (χ1n) is 13.5. The predicted octanol–water partition coefficient (Wildman–Crippen LogP) is 6.04. The molecule has 0 radical (unpaired) electrons. The number of allylic oxidation sites excluding steroid dienone is 1. The second-order valence-electron chi connectivity index (χ2n) is 11.9. The van der Waals surface area contributed by atoms with Gasteiger partial charge in [0, 0.05) is 42.3 Å². The van der Waals surface area contributed by atoms with Crippen LogP contribution in [0.1, 0.15) is 77.0 Å². The summed E-state index contributed by atoms with van der Waals surface area (Å²) in [5.74, 6) is -0.626. The highest BCUT2D eigenvalue weighted by atomic mass is 32.2. The van der Waals surface area contributed by atoms with Gasteiger partial charge in [-0.3, -0.25) is 14.4 Å². The number of methoxy groups -OCH3 is 1. The number of fused-ring (bicyclic) bond motifs is 2. The molecule has 5 rings (SSSR count). The highest BCUT2D eigenvalue weighted by Crippen LogP contribution is 2.49. The van der Waals surface area contributed by atoms with Crippen LogP contribution in [-0.2, 0) is 26.7 Å². The molecular weight excluding hydrogens is 470 g/mol. The van der Waals surface area contributed by atoms with Gasteiger partial charge in [0.15, 0.2) is 0 Å². The number of aliphatic carboxylic acids is 1. The van der Waals surface area contributed by atoms with Crippen LogP contribution in [0.3, 0.4) is 0 Å². The van der Waals surface area contributed by atoms with Crippen LogP contribution in [0, 0.1) is 11.8 Å². The smallest absolute Gasteiger partial charge is 0.306 e. The highest BCUT2D eigenvalue weighted by Gasteiger charge is 2.45. The molecule has 3 heterocycles. The summed E-state index contributed by atoms with van der Waals surface area (Å²) < 4.78 is 8.24. The van der Waals surface area contributed by atoms with Gasteiger partial charge in [0.1, 0.15) is 6.23 Å². The first-order chi connectivity index (χ1) is 17.2. The summed E-state index contributed by atoms with van der Waals surface area (Å²) in [5, 5.41) is 18.5. The molecule has 0 spiro atoms. The van der Waals surface area contributed by atoms with Crippen molar-refractivity contribution in [1.82, 2.24) is 14.7 Å². The number of hydrogen-bond donors (Lipinski definition) is 1. The van der Waals surface area contributed by atoms with Gasteiger partial charge in [-0.2, -0.15) is 5.10 Å². The van der Waals surface area contributed by atoms with E-state index in [1.54, 1.807) is 0 Å². The molecule has 5 atom stereocenters. The molecule has 1 saturated heterocycles. The van der Waals surface area contributed by atoms with Gasteiger partial charge in [-0.15, -0.1) is 11.8 Å². The zero-order chi connectivity index (χ0) is 25.7. The number of likely N-dealkylation sites (tertiary alicyclic amines) is 1. The molecule has 1 aromatic heterocycles. The normalized spacial score (nSPS) is 30.0. The molecule has 6 nitrogen and oxygen atoms in total. The highest BCUT2D eigenvalue weighted by molar-refractivity contribution is 8.03. The number of ether oxygens (including phenoxy) is 1. The molecular formula is C29H41N3O3S. The van der Waals surface area contributed by atoms with E-state index >= 15 is 0 Å². The van der Waals surface area contributed by atoms with Gasteiger partial charge in [0.05, 0.1) is 17.1 Å². The second kappa shape index (κ2) is 9.80. The average molecular weight is 512 g/mol. The van der Waals surface area contributed by atoms with Crippen LogP contribution >= 0.6 is 11.8 Å². The van der Waals surface area contributed by atoms with Crippen molar-refractivity contribution in [3.63, 3.8) is 0 Å². The number of nitrogens with zero attached hydrogens (tertiary/aromatic N) is 3. The zero-order valence-electron chi connectivity index (χ0n) is 22.4. The molecule has 1 aromatic carbocycles. The molecule has 5 unspecified atom stereocenters. The van der Waals surface area contributed by atoms with Crippen LogP contribution in [0.15, 0.2) is 29.7 Å². The van der Waals surface area contributed by atoms with Gasteiger partial charge in [-0.1, -0.05) is 38.5 Å². The lowest BCUT2D eigenvalue weighted by Gasteiger charge is -2.50. The summed E-state index contributed by atoms with van der Waals surface area (Å²) in [6.07, 6.45) is 8.93. The lowest BCUT2D eigenvalue weighted by Crippen LogP contribution is -2.56. The molecule has 1 aliphatic carbocycles. The number of benzene rings is 1. The fourth-order valence-corrected chi connectivity index (χ4v) is 8.16. The fraction of sp³-hybridized carbons (Fsp3) is 0.655. The van der Waals surface area contributed by atoms with Gasteiger partial charge in [-0.25, -0.2) is 0 Å². The van der Waals surface area contributed by atoms with E-state index in [0.717, 1.165) is 57.2 Å². The maximum absolute atomic E-state index is 12.0. The van der Waals surface area contributed by atoms with Crippen molar-refractivity contribution >= 4 is 28.6 Å². The van der Waals surface area contributed by atoms with E-state index in [4.69, 9.17) is 9.84 Å². The minimum Gasteiger partial charge on any atom is -0.481 e. The summed E-state index contributed by atoms with van der Waals surface area (Å²) in [7, 11) is 3.86. The Morgan fingerprint density at radius 1 is 1.31 bits per heavy atom. The molecule has 7 heteroatoms. The molecule has 36 heavy (non-hydrogen) atoms. The number of aromatic nitrogens is 2. The third-order valence-corrected chi connectivity index (χ3v) is 10.3. The maximum atomic E-state index is 12.0. The van der Waals surface area contributed by atoms with Crippen molar-refractivity contribution in [2.24, 2.45) is 18.9 Å². The van der Waals surface area contributed by atoms with Crippen molar-refractivity contribution in [1.29, 1.82) is 0 Å². The van der Waals surface area contributed by atoms with E-state index in [9.17, 15) is 9.90 Å². The van der Waals surface area contributed by atoms with Crippen LogP contribution in [0.5, 0.6) is 0 Å². The molecule has 2 aromatic rings. The largest absolute Gasteiger partial charge is 0.481 e. The van der Waals surface area contributed by atoms with Crippen molar-refractivity contribution in [2.75, 3.05) is 13.7 Å². The molecule has 1 saturated carbocycles. The summed E-state index contributed by atoms with van der Waals surface area (Å²) in [6.45, 7) is 7.89. The third kappa shape index (κ3) is 4.41. The molecule has 196 valence electrons.